The van der Waals surface area contributed by atoms with Gasteiger partial charge in [-0.1, -0.05) is 36.4 Å². The van der Waals surface area contributed by atoms with Crippen molar-refractivity contribution >= 4 is 17.4 Å². The lowest BCUT2D eigenvalue weighted by Gasteiger charge is -2.35. The molecule has 2 aliphatic rings. The number of likely N-dealkylation sites (N-methyl/N-ethyl adjacent to an activating group) is 1. The zero-order valence-electron chi connectivity index (χ0n) is 17.2. The van der Waals surface area contributed by atoms with E-state index >= 15 is 0 Å². The highest BCUT2D eigenvalue weighted by Crippen LogP contribution is 2.55. The molecular formula is C25H21FN2O4. The normalized spacial score (nSPS) is 24.5. The Hall–Kier alpha value is -3.71. The number of benzene rings is 3. The number of halogens is 1. The van der Waals surface area contributed by atoms with Gasteiger partial charge in [0, 0.05) is 29.3 Å². The second-order valence-corrected chi connectivity index (χ2v) is 8.35. The fraction of sp³-hybridized carbons (Fsp3) is 0.200. The van der Waals surface area contributed by atoms with Crippen molar-refractivity contribution in [1.82, 2.24) is 4.90 Å². The lowest BCUT2D eigenvalue weighted by atomic mass is 9.70. The summed E-state index contributed by atoms with van der Waals surface area (Å²) in [6.07, 6.45) is 0. The molecule has 3 aromatic carbocycles. The van der Waals surface area contributed by atoms with Crippen LogP contribution in [0, 0.1) is 11.7 Å². The number of Topliss-reactive ketones (excluding diaryl/α,β-unsaturated/α-hetero) is 1. The Morgan fingerprint density at radius 1 is 1.06 bits per heavy atom. The number of hydrogen-bond acceptors (Lipinski definition) is 5. The number of ketones is 1. The van der Waals surface area contributed by atoms with E-state index in [2.05, 4.69) is 5.32 Å². The van der Waals surface area contributed by atoms with Crippen LogP contribution in [0.15, 0.2) is 66.7 Å². The molecule has 0 aromatic heterocycles. The molecule has 1 spiro atoms. The predicted molar refractivity (Wildman–Crippen MR) is 116 cm³/mol. The summed E-state index contributed by atoms with van der Waals surface area (Å²) in [5, 5.41) is 22.8. The van der Waals surface area contributed by atoms with E-state index in [1.54, 1.807) is 25.2 Å². The van der Waals surface area contributed by atoms with Gasteiger partial charge in [0.05, 0.1) is 5.92 Å². The first-order valence-corrected chi connectivity index (χ1v) is 10.3. The van der Waals surface area contributed by atoms with Gasteiger partial charge in [-0.25, -0.2) is 4.39 Å². The largest absolute Gasteiger partial charge is 0.504 e. The van der Waals surface area contributed by atoms with Crippen molar-refractivity contribution in [2.75, 3.05) is 18.9 Å². The smallest absolute Gasteiger partial charge is 0.250 e. The molecule has 0 saturated carbocycles. The highest BCUT2D eigenvalue weighted by Gasteiger charge is 2.64. The first-order valence-electron chi connectivity index (χ1n) is 10.3. The first kappa shape index (κ1) is 20.2. The average molecular weight is 432 g/mol. The average Bonchev–Trinajstić information content (AvgIpc) is 3.25. The number of nitrogens with one attached hydrogen (secondary N) is 1. The molecule has 3 atom stereocenters. The van der Waals surface area contributed by atoms with Crippen molar-refractivity contribution in [2.24, 2.45) is 5.92 Å². The molecule has 2 aliphatic heterocycles. The van der Waals surface area contributed by atoms with Crippen LogP contribution < -0.4 is 5.32 Å². The molecular weight excluding hydrogens is 411 g/mol. The number of rotatable bonds is 3. The van der Waals surface area contributed by atoms with Crippen LogP contribution in [0.5, 0.6) is 11.5 Å². The number of phenols is 2. The monoisotopic (exact) mass is 432 g/mol. The molecule has 1 fully saturated rings. The zero-order valence-corrected chi connectivity index (χ0v) is 17.2. The topological polar surface area (TPSA) is 89.9 Å². The predicted octanol–water partition coefficient (Wildman–Crippen LogP) is 3.61. The Balaban J connectivity index is 1.74. The van der Waals surface area contributed by atoms with Gasteiger partial charge in [-0.2, -0.15) is 0 Å². The number of fused-ring (bicyclic) bond motifs is 2. The summed E-state index contributed by atoms with van der Waals surface area (Å²) in [7, 11) is 1.79. The summed E-state index contributed by atoms with van der Waals surface area (Å²) in [6.45, 7) is 0.345. The molecule has 6 nitrogen and oxygen atoms in total. The van der Waals surface area contributed by atoms with Gasteiger partial charge in [-0.3, -0.25) is 14.5 Å². The van der Waals surface area contributed by atoms with E-state index in [9.17, 15) is 24.2 Å². The number of amides is 1. The second kappa shape index (κ2) is 7.17. The van der Waals surface area contributed by atoms with Crippen molar-refractivity contribution < 1.29 is 24.2 Å². The van der Waals surface area contributed by atoms with E-state index in [0.717, 1.165) is 0 Å². The molecule has 2 heterocycles. The van der Waals surface area contributed by atoms with Gasteiger partial charge in [-0.05, 0) is 42.9 Å². The number of likely N-dealkylation sites (tertiary alicyclic amines) is 1. The summed E-state index contributed by atoms with van der Waals surface area (Å²) in [5.41, 5.74) is 0.812. The lowest BCUT2D eigenvalue weighted by molar-refractivity contribution is -0.126. The number of hydrogen-bond donors (Lipinski definition) is 3. The van der Waals surface area contributed by atoms with Crippen molar-refractivity contribution in [3.63, 3.8) is 0 Å². The van der Waals surface area contributed by atoms with Crippen LogP contribution in [-0.2, 0) is 10.3 Å². The highest BCUT2D eigenvalue weighted by atomic mass is 19.1. The van der Waals surface area contributed by atoms with Crippen LogP contribution in [-0.4, -0.2) is 40.4 Å². The summed E-state index contributed by atoms with van der Waals surface area (Å²) >= 11 is 0. The van der Waals surface area contributed by atoms with Crippen LogP contribution >= 0.6 is 0 Å². The van der Waals surface area contributed by atoms with E-state index in [0.29, 0.717) is 23.4 Å². The lowest BCUT2D eigenvalue weighted by Crippen LogP contribution is -2.51. The number of aromatic hydroxyl groups is 2. The highest BCUT2D eigenvalue weighted by molar-refractivity contribution is 6.12. The van der Waals surface area contributed by atoms with E-state index in [1.807, 2.05) is 23.1 Å². The fourth-order valence-corrected chi connectivity index (χ4v) is 5.29. The molecule has 1 saturated heterocycles. The molecule has 0 bridgehead atoms. The maximum Gasteiger partial charge on any atom is 0.250 e. The van der Waals surface area contributed by atoms with Crippen molar-refractivity contribution in [3.8, 4) is 11.5 Å². The van der Waals surface area contributed by atoms with Crippen LogP contribution in [0.25, 0.3) is 0 Å². The zero-order chi connectivity index (χ0) is 22.6. The third-order valence-corrected chi connectivity index (χ3v) is 6.68. The second-order valence-electron chi connectivity index (χ2n) is 8.35. The Kier molecular flexibility index (Phi) is 4.53. The minimum atomic E-state index is -1.29. The van der Waals surface area contributed by atoms with Crippen LogP contribution in [0.3, 0.4) is 0 Å². The van der Waals surface area contributed by atoms with Gasteiger partial charge in [0.25, 0.3) is 0 Å². The Bertz CT molecular complexity index is 1260. The number of phenolic OH excluding ortho intramolecular Hbond substituents is 2. The molecule has 162 valence electrons. The van der Waals surface area contributed by atoms with Gasteiger partial charge < -0.3 is 15.5 Å². The summed E-state index contributed by atoms with van der Waals surface area (Å²) in [5.74, 6) is -3.17. The molecule has 1 amide bonds. The van der Waals surface area contributed by atoms with E-state index in [-0.39, 0.29) is 28.8 Å². The SMILES string of the molecule is CN1CC(c2ccc(O)c(O)c2)C(C(=O)c2cccc(F)c2)C12C(=O)Nc1ccccc12. The molecule has 32 heavy (non-hydrogen) atoms. The quantitative estimate of drug-likeness (QED) is 0.435. The molecule has 0 aliphatic carbocycles. The van der Waals surface area contributed by atoms with E-state index in [4.69, 9.17) is 0 Å². The van der Waals surface area contributed by atoms with Gasteiger partial charge in [0.15, 0.2) is 17.3 Å². The minimum absolute atomic E-state index is 0.176. The minimum Gasteiger partial charge on any atom is -0.504 e. The molecule has 3 unspecified atom stereocenters. The van der Waals surface area contributed by atoms with Gasteiger partial charge in [0.1, 0.15) is 11.4 Å². The van der Waals surface area contributed by atoms with Gasteiger partial charge in [-0.15, -0.1) is 0 Å². The Morgan fingerprint density at radius 3 is 2.59 bits per heavy atom. The third-order valence-electron chi connectivity index (χ3n) is 6.68. The molecule has 3 N–H and O–H groups in total. The third kappa shape index (κ3) is 2.74. The number of carbonyl (C=O) groups is 2. The van der Waals surface area contributed by atoms with Crippen LogP contribution in [0.4, 0.5) is 10.1 Å². The van der Waals surface area contributed by atoms with Crippen molar-refractivity contribution in [1.29, 1.82) is 0 Å². The maximum atomic E-state index is 14.0. The number of carbonyl (C=O) groups excluding carboxylic acids is 2. The first-order chi connectivity index (χ1) is 15.3. The summed E-state index contributed by atoms with van der Waals surface area (Å²) < 4.78 is 14.0. The van der Waals surface area contributed by atoms with E-state index < -0.39 is 23.2 Å². The fourth-order valence-electron chi connectivity index (χ4n) is 5.29. The maximum absolute atomic E-state index is 14.0. The molecule has 0 radical (unpaired) electrons. The van der Waals surface area contributed by atoms with E-state index in [1.165, 1.54) is 30.3 Å². The molecule has 3 aromatic rings. The number of para-hydroxylation sites is 1. The van der Waals surface area contributed by atoms with Crippen molar-refractivity contribution in [3.05, 3.63) is 89.2 Å². The van der Waals surface area contributed by atoms with Gasteiger partial charge >= 0.3 is 0 Å². The Morgan fingerprint density at radius 2 is 1.84 bits per heavy atom. The number of nitrogens with zero attached hydrogens (tertiary/aromatic N) is 1. The van der Waals surface area contributed by atoms with Crippen molar-refractivity contribution in [2.45, 2.75) is 11.5 Å². The molecule has 5 rings (SSSR count). The number of anilines is 1. The molecule has 7 heteroatoms. The standard InChI is InChI=1S/C25H21FN2O4/c1-28-13-17(14-9-10-20(29)21(30)12-14)22(23(31)15-5-4-6-16(26)11-15)25(28)18-7-2-3-8-19(18)27-24(25)32/h2-12,17,22,29-30H,13H2,1H3,(H,27,32). The van der Waals surface area contributed by atoms with Crippen LogP contribution in [0.2, 0.25) is 0 Å². The Labute approximate surface area is 183 Å². The van der Waals surface area contributed by atoms with Gasteiger partial charge in [0.2, 0.25) is 5.91 Å². The van der Waals surface area contributed by atoms with Crippen LogP contribution in [0.1, 0.15) is 27.4 Å². The summed E-state index contributed by atoms with van der Waals surface area (Å²) in [4.78, 5) is 29.3. The summed E-state index contributed by atoms with van der Waals surface area (Å²) in [6, 6.07) is 17.1.